The number of ether oxygens (including phenoxy) is 1. The topological polar surface area (TPSA) is 100 Å². The van der Waals surface area contributed by atoms with Crippen LogP contribution in [0.25, 0.3) is 0 Å². The van der Waals surface area contributed by atoms with Crippen LogP contribution in [0.2, 0.25) is 0 Å². The highest BCUT2D eigenvalue weighted by atomic mass is 16.5. The minimum absolute atomic E-state index is 0.0784. The first-order valence-electron chi connectivity index (χ1n) is 16.8. The Balaban J connectivity index is 1.24. The summed E-state index contributed by atoms with van der Waals surface area (Å²) < 4.78 is 6.43. The Hall–Kier alpha value is -2.58. The van der Waals surface area contributed by atoms with E-state index in [0.29, 0.717) is 25.7 Å². The number of hydrogen-bond donors (Lipinski definition) is 1. The van der Waals surface area contributed by atoms with E-state index < -0.39 is 17.1 Å². The van der Waals surface area contributed by atoms with E-state index in [-0.39, 0.29) is 52.7 Å². The van der Waals surface area contributed by atoms with Crippen molar-refractivity contribution in [3.63, 3.8) is 0 Å². The summed E-state index contributed by atoms with van der Waals surface area (Å²) in [4.78, 5) is 48.9. The number of piperazine rings is 1. The summed E-state index contributed by atoms with van der Waals surface area (Å²) in [7, 11) is 0. The van der Waals surface area contributed by atoms with Crippen LogP contribution in [0.3, 0.4) is 0 Å². The number of carbonyl (C=O) groups excluding carboxylic acids is 3. The van der Waals surface area contributed by atoms with Gasteiger partial charge in [-0.2, -0.15) is 0 Å². The standard InChI is InChI=1S/C36H51N3O5/c1-33(2,3)22-31(42)44-28-21-35(5)27(26-10-9-24-20-25(40)11-13-34(24,4)32(26)28)12-14-36(35,43)29(41)23-38-16-18-39(19-17-38)30-8-6-7-15-37-30/h6-8,15,20,26-28,32,43H,9-14,16-19,21-23H2,1-5H3/t26-,27-,28?,32+,34-,35-,36-/m0/s1. The van der Waals surface area contributed by atoms with Crippen LogP contribution in [-0.4, -0.2) is 77.0 Å². The summed E-state index contributed by atoms with van der Waals surface area (Å²) in [6, 6.07) is 5.92. The molecule has 4 fully saturated rings. The quantitative estimate of drug-likeness (QED) is 0.453. The smallest absolute Gasteiger partial charge is 0.306 e. The SMILES string of the molecule is CC(C)(C)CC(=O)OC1C[C@@]2(C)[C@@H](CC[C@]2(O)C(=O)CN2CCN(c3ccccn3)CC2)[C@@H]2CCC3=CC(=O)CC[C@]3(C)[C@@H]12. The number of ketones is 2. The van der Waals surface area contributed by atoms with E-state index in [0.717, 1.165) is 57.7 Å². The molecule has 0 radical (unpaired) electrons. The van der Waals surface area contributed by atoms with Gasteiger partial charge >= 0.3 is 5.97 Å². The van der Waals surface area contributed by atoms with Crippen molar-refractivity contribution in [3.05, 3.63) is 36.0 Å². The largest absolute Gasteiger partial charge is 0.462 e. The van der Waals surface area contributed by atoms with E-state index in [4.69, 9.17) is 4.74 Å². The zero-order chi connectivity index (χ0) is 31.5. The van der Waals surface area contributed by atoms with E-state index >= 15 is 0 Å². The molecule has 0 amide bonds. The summed E-state index contributed by atoms with van der Waals surface area (Å²) in [6.07, 6.45) is 8.33. The molecule has 1 saturated heterocycles. The first-order chi connectivity index (χ1) is 20.7. The van der Waals surface area contributed by atoms with Gasteiger partial charge in [0.05, 0.1) is 13.0 Å². The molecule has 6 rings (SSSR count). The van der Waals surface area contributed by atoms with Crippen molar-refractivity contribution < 1.29 is 24.2 Å². The molecule has 0 aromatic carbocycles. The molecule has 1 aliphatic heterocycles. The number of pyridine rings is 1. The lowest BCUT2D eigenvalue weighted by atomic mass is 9.45. The maximum atomic E-state index is 14.2. The van der Waals surface area contributed by atoms with Gasteiger partial charge in [-0.05, 0) is 79.4 Å². The molecule has 8 nitrogen and oxygen atoms in total. The van der Waals surface area contributed by atoms with E-state index in [2.05, 4.69) is 28.6 Å². The molecule has 3 saturated carbocycles. The first-order valence-corrected chi connectivity index (χ1v) is 16.8. The van der Waals surface area contributed by atoms with E-state index in [1.165, 1.54) is 5.57 Å². The minimum atomic E-state index is -1.46. The molecule has 1 unspecified atom stereocenters. The lowest BCUT2D eigenvalue weighted by molar-refractivity contribution is -0.196. The number of rotatable bonds is 6. The Bertz CT molecular complexity index is 1310. The van der Waals surface area contributed by atoms with Crippen molar-refractivity contribution in [1.82, 2.24) is 9.88 Å². The summed E-state index contributed by atoms with van der Waals surface area (Å²) in [5.74, 6) is 1.30. The summed E-state index contributed by atoms with van der Waals surface area (Å²) in [5.41, 5.74) is -1.38. The second-order valence-electron chi connectivity index (χ2n) is 16.0. The number of Topliss-reactive ketones (excluding diaryl/α,β-unsaturated/α-hetero) is 1. The maximum absolute atomic E-state index is 14.2. The molecule has 5 aliphatic rings. The van der Waals surface area contributed by atoms with Gasteiger partial charge in [-0.1, -0.05) is 46.3 Å². The fraction of sp³-hybridized carbons (Fsp3) is 0.722. The Morgan fingerprint density at radius 2 is 1.82 bits per heavy atom. The number of fused-ring (bicyclic) bond motifs is 5. The van der Waals surface area contributed by atoms with Crippen LogP contribution < -0.4 is 4.90 Å². The molecular weight excluding hydrogens is 554 g/mol. The molecule has 0 spiro atoms. The van der Waals surface area contributed by atoms with Crippen molar-refractivity contribution in [3.8, 4) is 0 Å². The Morgan fingerprint density at radius 1 is 1.07 bits per heavy atom. The number of hydrogen-bond acceptors (Lipinski definition) is 8. The molecule has 1 aromatic heterocycles. The number of nitrogens with zero attached hydrogens (tertiary/aromatic N) is 3. The van der Waals surface area contributed by atoms with E-state index in [1.807, 2.05) is 45.0 Å². The molecule has 44 heavy (non-hydrogen) atoms. The monoisotopic (exact) mass is 605 g/mol. The van der Waals surface area contributed by atoms with Crippen LogP contribution in [0.15, 0.2) is 36.0 Å². The van der Waals surface area contributed by atoms with Gasteiger partial charge in [0.25, 0.3) is 0 Å². The summed E-state index contributed by atoms with van der Waals surface area (Å²) in [6.45, 7) is 13.8. The molecule has 4 aliphatic carbocycles. The van der Waals surface area contributed by atoms with Crippen LogP contribution in [0, 0.1) is 34.0 Å². The van der Waals surface area contributed by atoms with Crippen molar-refractivity contribution in [1.29, 1.82) is 0 Å². The van der Waals surface area contributed by atoms with Crippen molar-refractivity contribution in [2.75, 3.05) is 37.6 Å². The third-order valence-electron chi connectivity index (χ3n) is 12.2. The maximum Gasteiger partial charge on any atom is 0.306 e. The van der Waals surface area contributed by atoms with Gasteiger partial charge in [-0.3, -0.25) is 19.3 Å². The van der Waals surface area contributed by atoms with Crippen molar-refractivity contribution in [2.24, 2.45) is 34.0 Å². The fourth-order valence-electron chi connectivity index (χ4n) is 9.88. The number of aromatic nitrogens is 1. The van der Waals surface area contributed by atoms with Crippen molar-refractivity contribution >= 4 is 23.4 Å². The van der Waals surface area contributed by atoms with Crippen LogP contribution in [0.5, 0.6) is 0 Å². The predicted molar refractivity (Wildman–Crippen MR) is 169 cm³/mol. The van der Waals surface area contributed by atoms with Crippen LogP contribution in [0.4, 0.5) is 5.82 Å². The van der Waals surface area contributed by atoms with Gasteiger partial charge in [0.1, 0.15) is 17.5 Å². The van der Waals surface area contributed by atoms with Gasteiger partial charge in [0.15, 0.2) is 11.6 Å². The number of carbonyl (C=O) groups is 3. The Kier molecular flexibility index (Phi) is 8.09. The molecule has 7 atom stereocenters. The zero-order valence-corrected chi connectivity index (χ0v) is 27.3. The highest BCUT2D eigenvalue weighted by Crippen LogP contribution is 2.68. The lowest BCUT2D eigenvalue weighted by Gasteiger charge is -2.61. The van der Waals surface area contributed by atoms with Crippen molar-refractivity contribution in [2.45, 2.75) is 97.7 Å². The summed E-state index contributed by atoms with van der Waals surface area (Å²) in [5, 5.41) is 12.4. The second kappa shape index (κ2) is 11.3. The lowest BCUT2D eigenvalue weighted by Crippen LogP contribution is -2.63. The third kappa shape index (κ3) is 5.44. The summed E-state index contributed by atoms with van der Waals surface area (Å²) >= 11 is 0. The van der Waals surface area contributed by atoms with Gasteiger partial charge in [0.2, 0.25) is 0 Å². The highest BCUT2D eigenvalue weighted by molar-refractivity contribution is 5.92. The molecule has 8 heteroatoms. The zero-order valence-electron chi connectivity index (χ0n) is 27.3. The van der Waals surface area contributed by atoms with Crippen LogP contribution in [0.1, 0.15) is 86.0 Å². The number of anilines is 1. The second-order valence-corrected chi connectivity index (χ2v) is 16.0. The number of esters is 1. The van der Waals surface area contributed by atoms with Crippen LogP contribution in [-0.2, 0) is 19.1 Å². The van der Waals surface area contributed by atoms with Gasteiger partial charge in [0, 0.05) is 50.1 Å². The normalized spacial score (nSPS) is 37.5. The Morgan fingerprint density at radius 3 is 2.50 bits per heavy atom. The van der Waals surface area contributed by atoms with Crippen LogP contribution >= 0.6 is 0 Å². The van der Waals surface area contributed by atoms with E-state index in [1.54, 1.807) is 6.20 Å². The predicted octanol–water partition coefficient (Wildman–Crippen LogP) is 4.99. The molecule has 0 bridgehead atoms. The molecule has 1 aromatic rings. The first kappa shape index (κ1) is 31.4. The van der Waals surface area contributed by atoms with Gasteiger partial charge < -0.3 is 14.7 Å². The Labute approximate surface area is 262 Å². The average Bonchev–Trinajstić information content (AvgIpc) is 3.24. The van der Waals surface area contributed by atoms with E-state index in [9.17, 15) is 19.5 Å². The van der Waals surface area contributed by atoms with Gasteiger partial charge in [-0.15, -0.1) is 0 Å². The average molecular weight is 606 g/mol. The molecule has 1 N–H and O–H groups in total. The molecule has 2 heterocycles. The minimum Gasteiger partial charge on any atom is -0.462 e. The number of allylic oxidation sites excluding steroid dienone is 1. The molecular formula is C36H51N3O5. The fourth-order valence-corrected chi connectivity index (χ4v) is 9.88. The van der Waals surface area contributed by atoms with Gasteiger partial charge in [-0.25, -0.2) is 4.98 Å². The highest BCUT2D eigenvalue weighted by Gasteiger charge is 2.69. The molecule has 240 valence electrons. The third-order valence-corrected chi connectivity index (χ3v) is 12.2. The number of aliphatic hydroxyl groups is 1.